The van der Waals surface area contributed by atoms with Gasteiger partial charge in [-0.1, -0.05) is 13.8 Å². The van der Waals surface area contributed by atoms with Crippen LogP contribution in [0.5, 0.6) is 0 Å². The molecule has 2 saturated heterocycles. The minimum atomic E-state index is -3.46. The normalized spacial score (nSPS) is 20.9. The minimum absolute atomic E-state index is 0.0212. The monoisotopic (exact) mass is 407 g/mol. The second kappa shape index (κ2) is 8.61. The summed E-state index contributed by atoms with van der Waals surface area (Å²) in [6, 6.07) is 6.26. The number of amides is 2. The Morgan fingerprint density at radius 2 is 1.82 bits per heavy atom. The van der Waals surface area contributed by atoms with E-state index in [2.05, 4.69) is 19.2 Å². The third-order valence-electron chi connectivity index (χ3n) is 5.39. The molecular formula is C20H29N3O4S. The Hall–Kier alpha value is -1.93. The highest BCUT2D eigenvalue weighted by molar-refractivity contribution is 7.89. The third kappa shape index (κ3) is 4.72. The van der Waals surface area contributed by atoms with E-state index in [0.29, 0.717) is 37.8 Å². The fourth-order valence-electron chi connectivity index (χ4n) is 3.61. The fourth-order valence-corrected chi connectivity index (χ4v) is 5.13. The van der Waals surface area contributed by atoms with Gasteiger partial charge in [0.15, 0.2) is 0 Å². The highest BCUT2D eigenvalue weighted by atomic mass is 32.2. The molecule has 7 nitrogen and oxygen atoms in total. The first-order valence-electron chi connectivity index (χ1n) is 9.96. The number of carbonyl (C=O) groups is 2. The van der Waals surface area contributed by atoms with Gasteiger partial charge in [-0.3, -0.25) is 9.59 Å². The second-order valence-corrected chi connectivity index (χ2v) is 9.99. The molecule has 0 spiro atoms. The number of sulfonamides is 1. The maximum Gasteiger partial charge on any atom is 0.243 e. The quantitative estimate of drug-likeness (QED) is 0.751. The van der Waals surface area contributed by atoms with Crippen LogP contribution in [0.1, 0.15) is 39.5 Å². The molecule has 2 heterocycles. The Labute approximate surface area is 167 Å². The molecule has 28 heavy (non-hydrogen) atoms. The Bertz CT molecular complexity index is 814. The maximum absolute atomic E-state index is 12.6. The van der Waals surface area contributed by atoms with Gasteiger partial charge in [-0.25, -0.2) is 8.42 Å². The highest BCUT2D eigenvalue weighted by Gasteiger charge is 2.34. The number of benzene rings is 1. The Morgan fingerprint density at radius 3 is 2.43 bits per heavy atom. The van der Waals surface area contributed by atoms with Crippen LogP contribution in [0, 0.1) is 11.8 Å². The van der Waals surface area contributed by atoms with E-state index in [1.807, 2.05) is 0 Å². The SMILES string of the molecule is CC(C)CCN1C[C@H](C(=O)Nc2ccc(S(=O)(=O)N3CCCC3)cc2)CC1=O. The predicted molar refractivity (Wildman–Crippen MR) is 107 cm³/mol. The number of nitrogens with one attached hydrogen (secondary N) is 1. The van der Waals surface area contributed by atoms with Crippen molar-refractivity contribution < 1.29 is 18.0 Å². The van der Waals surface area contributed by atoms with Crippen LogP contribution in [0.25, 0.3) is 0 Å². The largest absolute Gasteiger partial charge is 0.342 e. The van der Waals surface area contributed by atoms with E-state index >= 15 is 0 Å². The van der Waals surface area contributed by atoms with E-state index in [1.165, 1.54) is 16.4 Å². The summed E-state index contributed by atoms with van der Waals surface area (Å²) < 4.78 is 26.6. The maximum atomic E-state index is 12.6. The molecule has 1 aromatic carbocycles. The predicted octanol–water partition coefficient (Wildman–Crippen LogP) is 2.30. The van der Waals surface area contributed by atoms with Gasteiger partial charge in [0.25, 0.3) is 0 Å². The van der Waals surface area contributed by atoms with Gasteiger partial charge in [0.2, 0.25) is 21.8 Å². The lowest BCUT2D eigenvalue weighted by Crippen LogP contribution is -2.29. The molecule has 154 valence electrons. The van der Waals surface area contributed by atoms with Crippen molar-refractivity contribution in [3.05, 3.63) is 24.3 Å². The van der Waals surface area contributed by atoms with Crippen LogP contribution in [0.15, 0.2) is 29.2 Å². The number of carbonyl (C=O) groups excluding carboxylic acids is 2. The number of likely N-dealkylation sites (tertiary alicyclic amines) is 1. The molecule has 1 atom stereocenters. The van der Waals surface area contributed by atoms with Crippen molar-refractivity contribution in [1.29, 1.82) is 0 Å². The van der Waals surface area contributed by atoms with Crippen LogP contribution in [-0.2, 0) is 19.6 Å². The van der Waals surface area contributed by atoms with Gasteiger partial charge in [0.05, 0.1) is 10.8 Å². The standard InChI is InChI=1S/C20H29N3O4S/c1-15(2)9-12-22-14-16(13-19(22)24)20(25)21-17-5-7-18(8-6-17)28(26,27)23-10-3-4-11-23/h5-8,15-16H,3-4,9-14H2,1-2H3,(H,21,25)/t16-/m1/s1. The van der Waals surface area contributed by atoms with E-state index in [9.17, 15) is 18.0 Å². The molecule has 0 bridgehead atoms. The van der Waals surface area contributed by atoms with Crippen molar-refractivity contribution in [2.75, 3.05) is 31.5 Å². The molecule has 1 N–H and O–H groups in total. The molecule has 0 aromatic heterocycles. The van der Waals surface area contributed by atoms with Gasteiger partial charge in [-0.2, -0.15) is 4.31 Å². The number of nitrogens with zero attached hydrogens (tertiary/aromatic N) is 2. The number of rotatable bonds is 7. The summed E-state index contributed by atoms with van der Waals surface area (Å²) >= 11 is 0. The van der Waals surface area contributed by atoms with Gasteiger partial charge >= 0.3 is 0 Å². The van der Waals surface area contributed by atoms with E-state index < -0.39 is 10.0 Å². The van der Waals surface area contributed by atoms with Gasteiger partial charge < -0.3 is 10.2 Å². The molecule has 0 unspecified atom stereocenters. The van der Waals surface area contributed by atoms with Gasteiger partial charge in [-0.15, -0.1) is 0 Å². The van der Waals surface area contributed by atoms with Crippen molar-refractivity contribution in [3.63, 3.8) is 0 Å². The topological polar surface area (TPSA) is 86.8 Å². The van der Waals surface area contributed by atoms with Crippen LogP contribution in [0.2, 0.25) is 0 Å². The van der Waals surface area contributed by atoms with Crippen LogP contribution in [0.3, 0.4) is 0 Å². The van der Waals surface area contributed by atoms with Crippen molar-refractivity contribution in [1.82, 2.24) is 9.21 Å². The molecule has 1 aromatic rings. The average Bonchev–Trinajstić information content (AvgIpc) is 3.31. The summed E-state index contributed by atoms with van der Waals surface area (Å²) in [6.07, 6.45) is 2.93. The lowest BCUT2D eigenvalue weighted by molar-refractivity contribution is -0.128. The van der Waals surface area contributed by atoms with Crippen LogP contribution in [-0.4, -0.2) is 55.6 Å². The second-order valence-electron chi connectivity index (χ2n) is 8.05. The molecule has 2 aliphatic rings. The molecule has 2 aliphatic heterocycles. The van der Waals surface area contributed by atoms with Crippen molar-refractivity contribution >= 4 is 27.5 Å². The van der Waals surface area contributed by atoms with Gasteiger partial charge in [0, 0.05) is 38.3 Å². The third-order valence-corrected chi connectivity index (χ3v) is 7.30. The fraction of sp³-hybridized carbons (Fsp3) is 0.600. The molecule has 3 rings (SSSR count). The zero-order valence-electron chi connectivity index (χ0n) is 16.6. The van der Waals surface area contributed by atoms with E-state index in [4.69, 9.17) is 0 Å². The molecular weight excluding hydrogens is 378 g/mol. The average molecular weight is 408 g/mol. The molecule has 8 heteroatoms. The highest BCUT2D eigenvalue weighted by Crippen LogP contribution is 2.24. The van der Waals surface area contributed by atoms with Gasteiger partial charge in [-0.05, 0) is 49.4 Å². The molecule has 0 radical (unpaired) electrons. The molecule has 2 amide bonds. The number of anilines is 1. The number of hydrogen-bond acceptors (Lipinski definition) is 4. The zero-order valence-corrected chi connectivity index (χ0v) is 17.4. The summed E-state index contributed by atoms with van der Waals surface area (Å²) in [5, 5.41) is 2.81. The minimum Gasteiger partial charge on any atom is -0.342 e. The smallest absolute Gasteiger partial charge is 0.243 e. The van der Waals surface area contributed by atoms with E-state index in [-0.39, 0.29) is 29.0 Å². The van der Waals surface area contributed by atoms with Crippen molar-refractivity contribution in [2.45, 2.75) is 44.4 Å². The van der Waals surface area contributed by atoms with Crippen molar-refractivity contribution in [3.8, 4) is 0 Å². The lowest BCUT2D eigenvalue weighted by Gasteiger charge is -2.18. The first-order valence-corrected chi connectivity index (χ1v) is 11.4. The van der Waals surface area contributed by atoms with Gasteiger partial charge in [0.1, 0.15) is 0 Å². The Morgan fingerprint density at radius 1 is 1.18 bits per heavy atom. The van der Waals surface area contributed by atoms with Crippen LogP contribution < -0.4 is 5.32 Å². The Balaban J connectivity index is 1.58. The van der Waals surface area contributed by atoms with E-state index in [0.717, 1.165) is 19.3 Å². The summed E-state index contributed by atoms with van der Waals surface area (Å²) in [4.78, 5) is 26.6. The van der Waals surface area contributed by atoms with Crippen molar-refractivity contribution in [2.24, 2.45) is 11.8 Å². The first-order chi connectivity index (χ1) is 13.3. The summed E-state index contributed by atoms with van der Waals surface area (Å²) in [6.45, 7) is 6.46. The summed E-state index contributed by atoms with van der Waals surface area (Å²) in [7, 11) is -3.46. The summed E-state index contributed by atoms with van der Waals surface area (Å²) in [5.41, 5.74) is 0.540. The number of hydrogen-bond donors (Lipinski definition) is 1. The Kier molecular flexibility index (Phi) is 6.40. The van der Waals surface area contributed by atoms with Crippen LogP contribution in [0.4, 0.5) is 5.69 Å². The zero-order chi connectivity index (χ0) is 20.3. The van der Waals surface area contributed by atoms with Crippen LogP contribution >= 0.6 is 0 Å². The van der Waals surface area contributed by atoms with E-state index in [1.54, 1.807) is 17.0 Å². The first kappa shape index (κ1) is 20.8. The molecule has 0 aliphatic carbocycles. The summed E-state index contributed by atoms with van der Waals surface area (Å²) in [5.74, 6) is -0.0351. The molecule has 2 fully saturated rings. The molecule has 0 saturated carbocycles. The lowest BCUT2D eigenvalue weighted by atomic mass is 10.1.